The normalized spacial score (nSPS) is 10.5. The first-order valence-electron chi connectivity index (χ1n) is 6.23. The molecule has 110 valence electrons. The van der Waals surface area contributed by atoms with Gasteiger partial charge >= 0.3 is 0 Å². The van der Waals surface area contributed by atoms with Crippen molar-refractivity contribution in [3.05, 3.63) is 64.6 Å². The Morgan fingerprint density at radius 1 is 1.18 bits per heavy atom. The van der Waals surface area contributed by atoms with Gasteiger partial charge in [0.05, 0.1) is 11.3 Å². The number of aromatic nitrogens is 4. The Balaban J connectivity index is 1.94. The highest BCUT2D eigenvalue weighted by Crippen LogP contribution is 2.19. The van der Waals surface area contributed by atoms with Gasteiger partial charge in [0, 0.05) is 16.2 Å². The zero-order chi connectivity index (χ0) is 15.5. The zero-order valence-corrected chi connectivity index (χ0v) is 12.7. The Kier molecular flexibility index (Phi) is 3.92. The van der Waals surface area contributed by atoms with Crippen molar-refractivity contribution < 1.29 is 9.18 Å². The summed E-state index contributed by atoms with van der Waals surface area (Å²) in [7, 11) is 0. The van der Waals surface area contributed by atoms with Gasteiger partial charge in [0.2, 0.25) is 0 Å². The number of halogens is 2. The first-order valence-corrected chi connectivity index (χ1v) is 7.02. The number of nitrogens with one attached hydrogen (secondary N) is 1. The Hall–Kier alpha value is -2.61. The van der Waals surface area contributed by atoms with Crippen molar-refractivity contribution in [2.75, 3.05) is 5.32 Å². The van der Waals surface area contributed by atoms with Crippen molar-refractivity contribution in [1.29, 1.82) is 0 Å². The average molecular weight is 362 g/mol. The highest BCUT2D eigenvalue weighted by Gasteiger charge is 2.15. The predicted molar refractivity (Wildman–Crippen MR) is 81.2 cm³/mol. The number of hydrogen-bond donors (Lipinski definition) is 1. The van der Waals surface area contributed by atoms with E-state index >= 15 is 0 Å². The lowest BCUT2D eigenvalue weighted by atomic mass is 10.1. The second kappa shape index (κ2) is 6.02. The van der Waals surface area contributed by atoms with Crippen molar-refractivity contribution >= 4 is 27.5 Å². The first-order chi connectivity index (χ1) is 10.6. The van der Waals surface area contributed by atoms with E-state index in [1.165, 1.54) is 29.2 Å². The van der Waals surface area contributed by atoms with Crippen LogP contribution in [-0.2, 0) is 0 Å². The fraction of sp³-hybridized carbons (Fsp3) is 0. The monoisotopic (exact) mass is 361 g/mol. The summed E-state index contributed by atoms with van der Waals surface area (Å²) >= 11 is 3.32. The number of nitrogens with zero attached hydrogens (tertiary/aromatic N) is 4. The largest absolute Gasteiger partial charge is 0.322 e. The van der Waals surface area contributed by atoms with E-state index in [0.717, 1.165) is 4.47 Å². The molecule has 1 N–H and O–H groups in total. The van der Waals surface area contributed by atoms with Crippen LogP contribution in [0.5, 0.6) is 0 Å². The van der Waals surface area contributed by atoms with Crippen molar-refractivity contribution in [2.45, 2.75) is 0 Å². The number of anilines is 1. The lowest BCUT2D eigenvalue weighted by molar-refractivity contribution is 0.102. The smallest absolute Gasteiger partial charge is 0.257 e. The molecule has 1 amide bonds. The van der Waals surface area contributed by atoms with Crippen molar-refractivity contribution in [3.63, 3.8) is 0 Å². The summed E-state index contributed by atoms with van der Waals surface area (Å²) in [5.74, 6) is -0.862. The van der Waals surface area contributed by atoms with Gasteiger partial charge < -0.3 is 5.32 Å². The van der Waals surface area contributed by atoms with Gasteiger partial charge in [-0.1, -0.05) is 15.9 Å². The van der Waals surface area contributed by atoms with Crippen LogP contribution in [0.4, 0.5) is 10.1 Å². The maximum absolute atomic E-state index is 13.5. The van der Waals surface area contributed by atoms with Gasteiger partial charge in [-0.15, -0.1) is 5.10 Å². The molecule has 0 unspecified atom stereocenters. The second-order valence-corrected chi connectivity index (χ2v) is 5.29. The first kappa shape index (κ1) is 14.3. The van der Waals surface area contributed by atoms with Crippen LogP contribution in [0, 0.1) is 5.82 Å². The van der Waals surface area contributed by atoms with Crippen LogP contribution in [0.1, 0.15) is 10.4 Å². The van der Waals surface area contributed by atoms with Crippen molar-refractivity contribution in [2.24, 2.45) is 0 Å². The summed E-state index contributed by atoms with van der Waals surface area (Å²) in [6.45, 7) is 0. The summed E-state index contributed by atoms with van der Waals surface area (Å²) in [4.78, 5) is 12.4. The number of amides is 1. The standard InChI is InChI=1S/C14H9BrFN5O/c15-9-1-4-11(5-2-9)18-14(22)12-6-3-10(16)7-13(12)21-8-17-19-20-21/h1-8H,(H,18,22). The van der Waals surface area contributed by atoms with Crippen LogP contribution in [0.15, 0.2) is 53.3 Å². The molecule has 0 fully saturated rings. The van der Waals surface area contributed by atoms with Crippen LogP contribution in [0.3, 0.4) is 0 Å². The maximum atomic E-state index is 13.5. The molecule has 3 rings (SSSR count). The lowest BCUT2D eigenvalue weighted by Crippen LogP contribution is -2.15. The lowest BCUT2D eigenvalue weighted by Gasteiger charge is -2.09. The molecule has 22 heavy (non-hydrogen) atoms. The topological polar surface area (TPSA) is 72.7 Å². The molecule has 6 nitrogen and oxygen atoms in total. The minimum atomic E-state index is -0.481. The highest BCUT2D eigenvalue weighted by molar-refractivity contribution is 9.10. The minimum Gasteiger partial charge on any atom is -0.322 e. The molecule has 0 radical (unpaired) electrons. The van der Waals surface area contributed by atoms with Crippen LogP contribution < -0.4 is 5.32 Å². The third kappa shape index (κ3) is 3.01. The highest BCUT2D eigenvalue weighted by atomic mass is 79.9. The number of tetrazole rings is 1. The van der Waals surface area contributed by atoms with E-state index in [-0.39, 0.29) is 17.2 Å². The Morgan fingerprint density at radius 2 is 1.95 bits per heavy atom. The number of hydrogen-bond acceptors (Lipinski definition) is 4. The zero-order valence-electron chi connectivity index (χ0n) is 11.1. The van der Waals surface area contributed by atoms with Gasteiger partial charge in [0.15, 0.2) is 0 Å². The van der Waals surface area contributed by atoms with E-state index < -0.39 is 5.82 Å². The van der Waals surface area contributed by atoms with Gasteiger partial charge in [-0.2, -0.15) is 4.68 Å². The molecule has 2 aromatic carbocycles. The van der Waals surface area contributed by atoms with Crippen LogP contribution >= 0.6 is 15.9 Å². The molecule has 8 heteroatoms. The molecule has 0 aliphatic rings. The molecule has 1 heterocycles. The van der Waals surface area contributed by atoms with E-state index in [4.69, 9.17) is 0 Å². The Labute approximate surface area is 133 Å². The third-order valence-corrected chi connectivity index (χ3v) is 3.43. The molecule has 0 atom stereocenters. The summed E-state index contributed by atoms with van der Waals surface area (Å²) < 4.78 is 15.6. The third-order valence-electron chi connectivity index (χ3n) is 2.90. The molecule has 0 saturated carbocycles. The summed E-state index contributed by atoms with van der Waals surface area (Å²) in [5, 5.41) is 13.4. The SMILES string of the molecule is O=C(Nc1ccc(Br)cc1)c1ccc(F)cc1-n1cnnn1. The van der Waals surface area contributed by atoms with Gasteiger partial charge in [-0.25, -0.2) is 4.39 Å². The van der Waals surface area contributed by atoms with E-state index in [9.17, 15) is 9.18 Å². The number of carbonyl (C=O) groups is 1. The summed E-state index contributed by atoms with van der Waals surface area (Å²) in [6.07, 6.45) is 1.30. The minimum absolute atomic E-state index is 0.261. The molecule has 0 aliphatic carbocycles. The van der Waals surface area contributed by atoms with Gasteiger partial charge in [-0.3, -0.25) is 4.79 Å². The Bertz CT molecular complexity index is 805. The molecule has 3 aromatic rings. The van der Waals surface area contributed by atoms with Crippen LogP contribution in [0.2, 0.25) is 0 Å². The number of rotatable bonds is 3. The molecule has 1 aromatic heterocycles. The average Bonchev–Trinajstić information content (AvgIpc) is 3.03. The summed E-state index contributed by atoms with van der Waals surface area (Å²) in [5.41, 5.74) is 1.15. The second-order valence-electron chi connectivity index (χ2n) is 4.38. The van der Waals surface area contributed by atoms with Gasteiger partial charge in [-0.05, 0) is 46.8 Å². The predicted octanol–water partition coefficient (Wildman–Crippen LogP) is 2.82. The number of benzene rings is 2. The molecule has 0 aliphatic heterocycles. The van der Waals surface area contributed by atoms with E-state index in [1.807, 2.05) is 12.1 Å². The maximum Gasteiger partial charge on any atom is 0.257 e. The molecular weight excluding hydrogens is 353 g/mol. The molecular formula is C14H9BrFN5O. The summed E-state index contributed by atoms with van der Waals surface area (Å²) in [6, 6.07) is 10.9. The fourth-order valence-electron chi connectivity index (χ4n) is 1.89. The van der Waals surface area contributed by atoms with E-state index in [0.29, 0.717) is 5.69 Å². The fourth-order valence-corrected chi connectivity index (χ4v) is 2.15. The van der Waals surface area contributed by atoms with Gasteiger partial charge in [0.25, 0.3) is 5.91 Å². The number of carbonyl (C=O) groups excluding carboxylic acids is 1. The van der Waals surface area contributed by atoms with E-state index in [2.05, 4.69) is 36.8 Å². The van der Waals surface area contributed by atoms with E-state index in [1.54, 1.807) is 12.1 Å². The van der Waals surface area contributed by atoms with Gasteiger partial charge in [0.1, 0.15) is 12.1 Å². The molecule has 0 saturated heterocycles. The Morgan fingerprint density at radius 3 is 2.64 bits per heavy atom. The quantitative estimate of drug-likeness (QED) is 0.778. The van der Waals surface area contributed by atoms with Crippen molar-refractivity contribution in [3.8, 4) is 5.69 Å². The van der Waals surface area contributed by atoms with Crippen LogP contribution in [-0.4, -0.2) is 26.1 Å². The molecule has 0 bridgehead atoms. The molecule has 0 spiro atoms. The van der Waals surface area contributed by atoms with Crippen molar-refractivity contribution in [1.82, 2.24) is 20.2 Å². The van der Waals surface area contributed by atoms with Crippen LogP contribution in [0.25, 0.3) is 5.69 Å².